The van der Waals surface area contributed by atoms with Gasteiger partial charge in [0.1, 0.15) is 5.54 Å². The fourth-order valence-electron chi connectivity index (χ4n) is 0.777. The van der Waals surface area contributed by atoms with Crippen LogP contribution in [0.4, 0.5) is 0 Å². The molecule has 0 saturated heterocycles. The van der Waals surface area contributed by atoms with Crippen molar-refractivity contribution >= 4 is 11.9 Å². The second kappa shape index (κ2) is 3.53. The van der Waals surface area contributed by atoms with Gasteiger partial charge in [0, 0.05) is 0 Å². The Bertz CT molecular complexity index is 202. The van der Waals surface area contributed by atoms with Crippen LogP contribution in [-0.2, 0) is 9.59 Å². The third-order valence-corrected chi connectivity index (χ3v) is 1.87. The average Bonchev–Trinajstić information content (AvgIpc) is 1.84. The second-order valence-corrected chi connectivity index (χ2v) is 3.07. The molecule has 1 atom stereocenters. The summed E-state index contributed by atoms with van der Waals surface area (Å²) in [6.07, 6.45) is -0.556. The minimum absolute atomic E-state index is 0.411. The van der Waals surface area contributed by atoms with Gasteiger partial charge in [0.15, 0.2) is 0 Å². The third-order valence-electron chi connectivity index (χ3n) is 1.87. The van der Waals surface area contributed by atoms with Crippen LogP contribution in [0.1, 0.15) is 20.3 Å². The number of hydrogen-bond donors (Lipinski definition) is 3. The Balaban J connectivity index is 4.62. The molecule has 0 aliphatic rings. The van der Waals surface area contributed by atoms with E-state index in [1.807, 2.05) is 0 Å². The number of nitrogens with two attached hydrogens (primary N) is 1. The van der Waals surface area contributed by atoms with E-state index in [0.29, 0.717) is 0 Å². The van der Waals surface area contributed by atoms with Crippen molar-refractivity contribution in [2.45, 2.75) is 25.8 Å². The van der Waals surface area contributed by atoms with E-state index >= 15 is 0 Å². The molecular formula is C7H13NO4. The molecule has 0 bridgehead atoms. The molecule has 0 amide bonds. The zero-order valence-electron chi connectivity index (χ0n) is 7.07. The topological polar surface area (TPSA) is 101 Å². The molecule has 12 heavy (non-hydrogen) atoms. The van der Waals surface area contributed by atoms with Crippen LogP contribution in [0.25, 0.3) is 0 Å². The van der Waals surface area contributed by atoms with Gasteiger partial charge in [-0.1, -0.05) is 13.8 Å². The van der Waals surface area contributed by atoms with Crippen LogP contribution in [-0.4, -0.2) is 27.7 Å². The number of carboxylic acid groups (broad SMARTS) is 2. The first-order valence-electron chi connectivity index (χ1n) is 3.54. The summed E-state index contributed by atoms with van der Waals surface area (Å²) in [4.78, 5) is 20.9. The Labute approximate surface area is 70.2 Å². The average molecular weight is 175 g/mol. The highest BCUT2D eigenvalue weighted by molar-refractivity contribution is 5.85. The van der Waals surface area contributed by atoms with Gasteiger partial charge in [0.2, 0.25) is 0 Å². The molecule has 0 aromatic carbocycles. The molecule has 0 unspecified atom stereocenters. The predicted octanol–water partition coefficient (Wildman–Crippen LogP) is -0.101. The largest absolute Gasteiger partial charge is 0.481 e. The molecule has 70 valence electrons. The van der Waals surface area contributed by atoms with Gasteiger partial charge in [-0.25, -0.2) is 0 Å². The Hall–Kier alpha value is -1.10. The normalized spacial score (nSPS) is 15.7. The summed E-state index contributed by atoms with van der Waals surface area (Å²) >= 11 is 0. The molecule has 0 aliphatic heterocycles. The predicted molar refractivity (Wildman–Crippen MR) is 41.6 cm³/mol. The number of carbonyl (C=O) groups is 2. The van der Waals surface area contributed by atoms with E-state index in [4.69, 9.17) is 15.9 Å². The number of carboxylic acids is 2. The third kappa shape index (κ3) is 2.20. The summed E-state index contributed by atoms with van der Waals surface area (Å²) in [7, 11) is 0. The van der Waals surface area contributed by atoms with Crippen LogP contribution in [0.5, 0.6) is 0 Å². The van der Waals surface area contributed by atoms with Crippen molar-refractivity contribution in [3.05, 3.63) is 0 Å². The molecule has 0 aliphatic carbocycles. The van der Waals surface area contributed by atoms with Crippen LogP contribution in [0.3, 0.4) is 0 Å². The second-order valence-electron chi connectivity index (χ2n) is 3.07. The molecule has 5 nitrogen and oxygen atoms in total. The smallest absolute Gasteiger partial charge is 0.324 e. The summed E-state index contributed by atoms with van der Waals surface area (Å²) in [6.45, 7) is 3.16. The summed E-state index contributed by atoms with van der Waals surface area (Å²) < 4.78 is 0. The fraction of sp³-hybridized carbons (Fsp3) is 0.714. The lowest BCUT2D eigenvalue weighted by Crippen LogP contribution is -2.53. The summed E-state index contributed by atoms with van der Waals surface area (Å²) in [5, 5.41) is 17.1. The molecule has 0 saturated carbocycles. The molecule has 4 N–H and O–H groups in total. The molecule has 0 radical (unpaired) electrons. The van der Waals surface area contributed by atoms with Crippen molar-refractivity contribution in [2.24, 2.45) is 11.7 Å². The van der Waals surface area contributed by atoms with Gasteiger partial charge in [0.05, 0.1) is 6.42 Å². The first-order chi connectivity index (χ1) is 5.30. The van der Waals surface area contributed by atoms with E-state index in [0.717, 1.165) is 0 Å². The van der Waals surface area contributed by atoms with E-state index in [-0.39, 0.29) is 0 Å². The Morgan fingerprint density at radius 2 is 1.83 bits per heavy atom. The Morgan fingerprint density at radius 1 is 1.42 bits per heavy atom. The van der Waals surface area contributed by atoms with Crippen molar-refractivity contribution in [3.63, 3.8) is 0 Å². The maximum absolute atomic E-state index is 10.6. The van der Waals surface area contributed by atoms with Crippen molar-refractivity contribution in [1.29, 1.82) is 0 Å². The van der Waals surface area contributed by atoms with Crippen molar-refractivity contribution < 1.29 is 19.8 Å². The minimum atomic E-state index is -1.66. The van der Waals surface area contributed by atoms with E-state index in [9.17, 15) is 9.59 Å². The maximum Gasteiger partial charge on any atom is 0.324 e. The van der Waals surface area contributed by atoms with Gasteiger partial charge < -0.3 is 15.9 Å². The molecule has 0 aromatic heterocycles. The lowest BCUT2D eigenvalue weighted by Gasteiger charge is -2.26. The van der Waals surface area contributed by atoms with Crippen molar-refractivity contribution in [2.75, 3.05) is 0 Å². The lowest BCUT2D eigenvalue weighted by molar-refractivity contribution is -0.151. The highest BCUT2D eigenvalue weighted by Gasteiger charge is 2.39. The number of hydrogen-bond acceptors (Lipinski definition) is 3. The van der Waals surface area contributed by atoms with Crippen LogP contribution >= 0.6 is 0 Å². The van der Waals surface area contributed by atoms with Crippen LogP contribution in [0, 0.1) is 5.92 Å². The van der Waals surface area contributed by atoms with Crippen molar-refractivity contribution in [3.8, 4) is 0 Å². The standard InChI is InChI=1S/C7H13NO4/c1-4(2)7(8,6(11)12)3-5(9)10/h4H,3,8H2,1-2H3,(H,9,10)(H,11,12)/t7-/m0/s1. The van der Waals surface area contributed by atoms with Crippen LogP contribution in [0.2, 0.25) is 0 Å². The zero-order chi connectivity index (χ0) is 9.94. The van der Waals surface area contributed by atoms with Gasteiger partial charge >= 0.3 is 11.9 Å². The minimum Gasteiger partial charge on any atom is -0.481 e. The highest BCUT2D eigenvalue weighted by atomic mass is 16.4. The van der Waals surface area contributed by atoms with E-state index in [1.54, 1.807) is 13.8 Å². The summed E-state index contributed by atoms with van der Waals surface area (Å²) in [5.41, 5.74) is 3.74. The van der Waals surface area contributed by atoms with Gasteiger partial charge in [-0.3, -0.25) is 9.59 Å². The Kier molecular flexibility index (Phi) is 3.21. The van der Waals surface area contributed by atoms with E-state index in [2.05, 4.69) is 0 Å². The first kappa shape index (κ1) is 10.9. The first-order valence-corrected chi connectivity index (χ1v) is 3.54. The lowest BCUT2D eigenvalue weighted by atomic mass is 9.84. The van der Waals surface area contributed by atoms with Crippen molar-refractivity contribution in [1.82, 2.24) is 0 Å². The molecule has 0 rings (SSSR count). The SMILES string of the molecule is CC(C)[C@@](N)(CC(=O)O)C(=O)O. The van der Waals surface area contributed by atoms with Crippen LogP contribution in [0.15, 0.2) is 0 Å². The molecule has 0 fully saturated rings. The number of rotatable bonds is 4. The molecule has 0 heterocycles. The Morgan fingerprint density at radius 3 is 1.92 bits per heavy atom. The van der Waals surface area contributed by atoms with E-state index in [1.165, 1.54) is 0 Å². The van der Waals surface area contributed by atoms with Crippen LogP contribution < -0.4 is 5.73 Å². The van der Waals surface area contributed by atoms with Gasteiger partial charge in [-0.05, 0) is 5.92 Å². The zero-order valence-corrected chi connectivity index (χ0v) is 7.07. The fourth-order valence-corrected chi connectivity index (χ4v) is 0.777. The highest BCUT2D eigenvalue weighted by Crippen LogP contribution is 2.18. The molecule has 0 spiro atoms. The summed E-state index contributed by atoms with van der Waals surface area (Å²) in [6, 6.07) is 0. The van der Waals surface area contributed by atoms with Gasteiger partial charge in [-0.2, -0.15) is 0 Å². The van der Waals surface area contributed by atoms with Gasteiger partial charge in [-0.15, -0.1) is 0 Å². The molecule has 0 aromatic rings. The number of aliphatic carboxylic acids is 2. The molecular weight excluding hydrogens is 162 g/mol. The monoisotopic (exact) mass is 175 g/mol. The van der Waals surface area contributed by atoms with Gasteiger partial charge in [0.25, 0.3) is 0 Å². The maximum atomic E-state index is 10.6. The quantitative estimate of drug-likeness (QED) is 0.553. The summed E-state index contributed by atoms with van der Waals surface area (Å²) in [5.74, 6) is -2.89. The van der Waals surface area contributed by atoms with E-state index < -0.39 is 29.8 Å². The molecule has 5 heteroatoms.